The highest BCUT2D eigenvalue weighted by Crippen LogP contribution is 2.38. The van der Waals surface area contributed by atoms with E-state index in [0.717, 1.165) is 58.3 Å². The summed E-state index contributed by atoms with van der Waals surface area (Å²) in [5, 5.41) is 9.53. The summed E-state index contributed by atoms with van der Waals surface area (Å²) in [6.45, 7) is 8.05. The third-order valence-electron chi connectivity index (χ3n) is 5.11. The minimum Gasteiger partial charge on any atom is -0.340 e. The van der Waals surface area contributed by atoms with Crippen molar-refractivity contribution in [2.45, 2.75) is 58.4 Å². The van der Waals surface area contributed by atoms with Gasteiger partial charge in [-0.2, -0.15) is 5.26 Å². The normalized spacial score (nSPS) is 25.7. The molecule has 0 N–H and O–H groups in total. The number of likely N-dealkylation sites (N-methyl/N-ethyl adjacent to an activating group) is 1. The molecule has 1 unspecified atom stereocenters. The molecular weight excluding hydrogens is 250 g/mol. The van der Waals surface area contributed by atoms with E-state index in [9.17, 15) is 10.1 Å². The molecule has 0 aromatic carbocycles. The molecule has 0 radical (unpaired) electrons. The third kappa shape index (κ3) is 2.83. The zero-order valence-electron chi connectivity index (χ0n) is 12.9. The van der Waals surface area contributed by atoms with Crippen LogP contribution in [-0.4, -0.2) is 47.9 Å². The first kappa shape index (κ1) is 15.3. The van der Waals surface area contributed by atoms with Gasteiger partial charge in [-0.3, -0.25) is 9.69 Å². The molecular formula is C16H27N3O. The Morgan fingerprint density at radius 3 is 2.50 bits per heavy atom. The predicted molar refractivity (Wildman–Crippen MR) is 79.0 cm³/mol. The summed E-state index contributed by atoms with van der Waals surface area (Å²) in [4.78, 5) is 17.2. The van der Waals surface area contributed by atoms with E-state index in [1.807, 2.05) is 4.90 Å². The predicted octanol–water partition coefficient (Wildman–Crippen LogP) is 2.40. The van der Waals surface area contributed by atoms with Crippen molar-refractivity contribution in [3.05, 3.63) is 0 Å². The van der Waals surface area contributed by atoms with Crippen LogP contribution >= 0.6 is 0 Å². The lowest BCUT2D eigenvalue weighted by Crippen LogP contribution is -2.45. The first-order chi connectivity index (χ1) is 9.66. The monoisotopic (exact) mass is 277 g/mol. The second-order valence-corrected chi connectivity index (χ2v) is 6.17. The minimum atomic E-state index is -0.712. The van der Waals surface area contributed by atoms with Gasteiger partial charge >= 0.3 is 0 Å². The average Bonchev–Trinajstić information content (AvgIpc) is 2.98. The van der Waals surface area contributed by atoms with Crippen molar-refractivity contribution in [1.29, 1.82) is 5.26 Å². The van der Waals surface area contributed by atoms with E-state index >= 15 is 0 Å². The highest BCUT2D eigenvalue weighted by atomic mass is 16.2. The van der Waals surface area contributed by atoms with Crippen LogP contribution in [0.2, 0.25) is 0 Å². The summed E-state index contributed by atoms with van der Waals surface area (Å²) in [6, 6.07) is 2.84. The number of hydrogen-bond acceptors (Lipinski definition) is 3. The topological polar surface area (TPSA) is 47.3 Å². The van der Waals surface area contributed by atoms with Crippen LogP contribution in [0.3, 0.4) is 0 Å². The fraction of sp³-hybridized carbons (Fsp3) is 0.875. The molecule has 0 bridgehead atoms. The molecule has 1 aliphatic heterocycles. The van der Waals surface area contributed by atoms with Crippen molar-refractivity contribution in [2.24, 2.45) is 5.41 Å². The van der Waals surface area contributed by atoms with Crippen molar-refractivity contribution in [2.75, 3.05) is 26.2 Å². The van der Waals surface area contributed by atoms with Gasteiger partial charge in [0.15, 0.2) is 0 Å². The Hall–Kier alpha value is -1.08. The summed E-state index contributed by atoms with van der Waals surface area (Å²) in [5.41, 5.74) is -0.712. The first-order valence-electron chi connectivity index (χ1n) is 8.11. The molecule has 2 rings (SSSR count). The number of carbonyl (C=O) groups excluding carboxylic acids is 1. The van der Waals surface area contributed by atoms with E-state index in [-0.39, 0.29) is 5.91 Å². The maximum absolute atomic E-state index is 12.8. The van der Waals surface area contributed by atoms with Gasteiger partial charge in [-0.25, -0.2) is 0 Å². The lowest BCUT2D eigenvalue weighted by molar-refractivity contribution is -0.139. The SMILES string of the molecule is CCN(CC)C1CCN(C(=O)C2(C#N)CCCCC2)C1. The Labute approximate surface area is 122 Å². The molecule has 2 fully saturated rings. The lowest BCUT2D eigenvalue weighted by Gasteiger charge is -2.33. The Balaban J connectivity index is 2.02. The maximum Gasteiger partial charge on any atom is 0.243 e. The Morgan fingerprint density at radius 1 is 1.30 bits per heavy atom. The molecule has 4 nitrogen and oxygen atoms in total. The number of nitriles is 1. The fourth-order valence-electron chi connectivity index (χ4n) is 3.80. The maximum atomic E-state index is 12.8. The van der Waals surface area contributed by atoms with Crippen molar-refractivity contribution in [1.82, 2.24) is 9.80 Å². The number of likely N-dealkylation sites (tertiary alicyclic amines) is 1. The molecule has 2 aliphatic rings. The molecule has 112 valence electrons. The largest absolute Gasteiger partial charge is 0.340 e. The van der Waals surface area contributed by atoms with Crippen LogP contribution in [0.4, 0.5) is 0 Å². The first-order valence-corrected chi connectivity index (χ1v) is 8.11. The highest BCUT2D eigenvalue weighted by Gasteiger charge is 2.44. The quantitative estimate of drug-likeness (QED) is 0.793. The summed E-state index contributed by atoms with van der Waals surface area (Å²) in [7, 11) is 0. The Kier molecular flexibility index (Phi) is 5.04. The third-order valence-corrected chi connectivity index (χ3v) is 5.11. The second-order valence-electron chi connectivity index (χ2n) is 6.17. The summed E-state index contributed by atoms with van der Waals surface area (Å²) < 4.78 is 0. The summed E-state index contributed by atoms with van der Waals surface area (Å²) >= 11 is 0. The van der Waals surface area contributed by atoms with Gasteiger partial charge in [-0.15, -0.1) is 0 Å². The van der Waals surface area contributed by atoms with Gasteiger partial charge in [0.05, 0.1) is 6.07 Å². The molecule has 1 saturated heterocycles. The Morgan fingerprint density at radius 2 is 1.95 bits per heavy atom. The molecule has 1 heterocycles. The van der Waals surface area contributed by atoms with Crippen molar-refractivity contribution >= 4 is 5.91 Å². The van der Waals surface area contributed by atoms with Crippen LogP contribution in [0.15, 0.2) is 0 Å². The van der Waals surface area contributed by atoms with E-state index in [0.29, 0.717) is 6.04 Å². The standard InChI is InChI=1S/C16H27N3O/c1-3-18(4-2)14-8-11-19(12-14)15(20)16(13-17)9-6-5-7-10-16/h14H,3-12H2,1-2H3. The zero-order chi connectivity index (χ0) is 14.6. The van der Waals surface area contributed by atoms with Crippen LogP contribution in [0.1, 0.15) is 52.4 Å². The second kappa shape index (κ2) is 6.58. The van der Waals surface area contributed by atoms with Gasteiger partial charge in [0.1, 0.15) is 5.41 Å². The van der Waals surface area contributed by atoms with Crippen LogP contribution in [0, 0.1) is 16.7 Å². The van der Waals surface area contributed by atoms with Gasteiger partial charge in [-0.05, 0) is 32.4 Å². The van der Waals surface area contributed by atoms with Crippen LogP contribution in [0.25, 0.3) is 0 Å². The van der Waals surface area contributed by atoms with Crippen LogP contribution < -0.4 is 0 Å². The molecule has 0 aromatic rings. The van der Waals surface area contributed by atoms with Gasteiger partial charge < -0.3 is 4.90 Å². The molecule has 1 saturated carbocycles. The van der Waals surface area contributed by atoms with Crippen molar-refractivity contribution in [3.63, 3.8) is 0 Å². The van der Waals surface area contributed by atoms with E-state index in [1.54, 1.807) is 0 Å². The molecule has 4 heteroatoms. The van der Waals surface area contributed by atoms with Crippen LogP contribution in [0.5, 0.6) is 0 Å². The van der Waals surface area contributed by atoms with E-state index < -0.39 is 5.41 Å². The number of amides is 1. The van der Waals surface area contributed by atoms with Crippen molar-refractivity contribution < 1.29 is 4.79 Å². The van der Waals surface area contributed by atoms with E-state index in [4.69, 9.17) is 0 Å². The van der Waals surface area contributed by atoms with Gasteiger partial charge in [0.25, 0.3) is 0 Å². The molecule has 1 amide bonds. The Bertz CT molecular complexity index is 378. The highest BCUT2D eigenvalue weighted by molar-refractivity contribution is 5.85. The number of carbonyl (C=O) groups is 1. The fourth-order valence-corrected chi connectivity index (χ4v) is 3.80. The average molecular weight is 277 g/mol. The van der Waals surface area contributed by atoms with E-state index in [1.165, 1.54) is 6.42 Å². The molecule has 0 aromatic heterocycles. The number of hydrogen-bond donors (Lipinski definition) is 0. The smallest absolute Gasteiger partial charge is 0.243 e. The van der Waals surface area contributed by atoms with Gasteiger partial charge in [-0.1, -0.05) is 33.1 Å². The number of nitrogens with zero attached hydrogens (tertiary/aromatic N) is 3. The zero-order valence-corrected chi connectivity index (χ0v) is 12.9. The van der Waals surface area contributed by atoms with Crippen molar-refractivity contribution in [3.8, 4) is 6.07 Å². The molecule has 1 atom stereocenters. The van der Waals surface area contributed by atoms with Gasteiger partial charge in [0.2, 0.25) is 5.91 Å². The van der Waals surface area contributed by atoms with E-state index in [2.05, 4.69) is 24.8 Å². The molecule has 20 heavy (non-hydrogen) atoms. The summed E-state index contributed by atoms with van der Waals surface area (Å²) in [5.74, 6) is 0.106. The lowest BCUT2D eigenvalue weighted by atomic mass is 9.74. The minimum absolute atomic E-state index is 0.106. The molecule has 0 spiro atoms. The van der Waals surface area contributed by atoms with Crippen LogP contribution in [-0.2, 0) is 4.79 Å². The summed E-state index contributed by atoms with van der Waals surface area (Å²) in [6.07, 6.45) is 5.77. The molecule has 1 aliphatic carbocycles. The van der Waals surface area contributed by atoms with Gasteiger partial charge in [0, 0.05) is 19.1 Å². The number of rotatable bonds is 4.